The van der Waals surface area contributed by atoms with Gasteiger partial charge in [0.25, 0.3) is 0 Å². The standard InChI is InChI=1S/C8H20O2Si/c1-5-8(9)10-6-7-11(2,3)4/h8-9H,5-7H2,1-4H3. The second-order valence-electron chi connectivity index (χ2n) is 4.04. The van der Waals surface area contributed by atoms with E-state index in [0.29, 0.717) is 13.0 Å². The minimum absolute atomic E-state index is 0.550. The Morgan fingerprint density at radius 2 is 1.91 bits per heavy atom. The average Bonchev–Trinajstić information content (AvgIpc) is 1.85. The largest absolute Gasteiger partial charge is 0.368 e. The van der Waals surface area contributed by atoms with Gasteiger partial charge in [0.05, 0.1) is 0 Å². The molecule has 0 saturated carbocycles. The van der Waals surface area contributed by atoms with E-state index in [1.807, 2.05) is 6.92 Å². The first-order valence-electron chi connectivity index (χ1n) is 4.25. The molecule has 68 valence electrons. The van der Waals surface area contributed by atoms with E-state index >= 15 is 0 Å². The highest BCUT2D eigenvalue weighted by molar-refractivity contribution is 6.76. The minimum Gasteiger partial charge on any atom is -0.368 e. The zero-order valence-electron chi connectivity index (χ0n) is 8.05. The van der Waals surface area contributed by atoms with E-state index in [1.165, 1.54) is 0 Å². The van der Waals surface area contributed by atoms with Crippen LogP contribution in [0.2, 0.25) is 25.7 Å². The summed E-state index contributed by atoms with van der Waals surface area (Å²) in [6.07, 6.45) is 0.137. The van der Waals surface area contributed by atoms with Crippen molar-refractivity contribution in [2.75, 3.05) is 6.61 Å². The fourth-order valence-electron chi connectivity index (χ4n) is 0.619. The number of ether oxygens (including phenoxy) is 1. The molecule has 0 fully saturated rings. The van der Waals surface area contributed by atoms with Crippen LogP contribution in [0.5, 0.6) is 0 Å². The van der Waals surface area contributed by atoms with E-state index in [2.05, 4.69) is 19.6 Å². The Morgan fingerprint density at radius 3 is 2.27 bits per heavy atom. The number of aliphatic hydroxyl groups is 1. The monoisotopic (exact) mass is 176 g/mol. The first kappa shape index (κ1) is 11.1. The van der Waals surface area contributed by atoms with Gasteiger partial charge in [-0.05, 0) is 12.5 Å². The maximum atomic E-state index is 9.05. The third kappa shape index (κ3) is 8.04. The number of hydrogen-bond donors (Lipinski definition) is 1. The molecule has 0 amide bonds. The third-order valence-corrected chi connectivity index (χ3v) is 3.22. The smallest absolute Gasteiger partial charge is 0.154 e. The van der Waals surface area contributed by atoms with E-state index in [9.17, 15) is 0 Å². The summed E-state index contributed by atoms with van der Waals surface area (Å²) in [5, 5.41) is 9.05. The van der Waals surface area contributed by atoms with Gasteiger partial charge in [0.15, 0.2) is 6.29 Å². The average molecular weight is 176 g/mol. The molecule has 0 aliphatic carbocycles. The molecule has 1 unspecified atom stereocenters. The van der Waals surface area contributed by atoms with Crippen LogP contribution in [0.15, 0.2) is 0 Å². The Hall–Kier alpha value is 0.137. The minimum atomic E-state index is -0.973. The Labute approximate surface area is 70.6 Å². The van der Waals surface area contributed by atoms with E-state index in [1.54, 1.807) is 0 Å². The highest BCUT2D eigenvalue weighted by Crippen LogP contribution is 2.08. The summed E-state index contributed by atoms with van der Waals surface area (Å²) in [6.45, 7) is 9.53. The van der Waals surface area contributed by atoms with Crippen molar-refractivity contribution in [2.45, 2.75) is 45.3 Å². The molecule has 0 aromatic carbocycles. The van der Waals surface area contributed by atoms with Crippen LogP contribution in [0.4, 0.5) is 0 Å². The van der Waals surface area contributed by atoms with Crippen LogP contribution < -0.4 is 0 Å². The summed E-state index contributed by atoms with van der Waals surface area (Å²) in [6, 6.07) is 1.13. The lowest BCUT2D eigenvalue weighted by Gasteiger charge is -2.16. The van der Waals surface area contributed by atoms with Crippen molar-refractivity contribution in [2.24, 2.45) is 0 Å². The van der Waals surface area contributed by atoms with Crippen molar-refractivity contribution in [3.05, 3.63) is 0 Å². The summed E-state index contributed by atoms with van der Waals surface area (Å²) in [5.41, 5.74) is 0. The maximum Gasteiger partial charge on any atom is 0.154 e. The molecule has 1 N–H and O–H groups in total. The second kappa shape index (κ2) is 4.90. The first-order chi connectivity index (χ1) is 4.95. The molecule has 11 heavy (non-hydrogen) atoms. The Kier molecular flexibility index (Phi) is 4.96. The zero-order valence-corrected chi connectivity index (χ0v) is 9.05. The molecule has 0 rings (SSSR count). The molecular formula is C8H20O2Si. The molecule has 0 saturated heterocycles. The summed E-state index contributed by atoms with van der Waals surface area (Å²) in [5.74, 6) is 0. The van der Waals surface area contributed by atoms with Gasteiger partial charge in [0, 0.05) is 14.7 Å². The van der Waals surface area contributed by atoms with E-state index in [-0.39, 0.29) is 0 Å². The Morgan fingerprint density at radius 1 is 1.36 bits per heavy atom. The first-order valence-corrected chi connectivity index (χ1v) is 7.96. The van der Waals surface area contributed by atoms with Gasteiger partial charge in [0.2, 0.25) is 0 Å². The maximum absolute atomic E-state index is 9.05. The molecule has 0 aliphatic heterocycles. The number of hydrogen-bond acceptors (Lipinski definition) is 2. The van der Waals surface area contributed by atoms with Crippen molar-refractivity contribution in [1.29, 1.82) is 0 Å². The number of aliphatic hydroxyl groups excluding tert-OH is 1. The van der Waals surface area contributed by atoms with Crippen LogP contribution >= 0.6 is 0 Å². The van der Waals surface area contributed by atoms with Gasteiger partial charge >= 0.3 is 0 Å². The molecule has 2 nitrogen and oxygen atoms in total. The highest BCUT2D eigenvalue weighted by Gasteiger charge is 2.12. The lowest BCUT2D eigenvalue weighted by molar-refractivity contribution is -0.0955. The molecule has 1 atom stereocenters. The molecule has 0 heterocycles. The second-order valence-corrected chi connectivity index (χ2v) is 9.67. The summed E-state index contributed by atoms with van der Waals surface area (Å²) in [7, 11) is -0.973. The van der Waals surface area contributed by atoms with Gasteiger partial charge in [0.1, 0.15) is 0 Å². The normalized spacial score (nSPS) is 15.0. The van der Waals surface area contributed by atoms with Crippen LogP contribution in [0.1, 0.15) is 13.3 Å². The lowest BCUT2D eigenvalue weighted by Crippen LogP contribution is -2.23. The molecule has 3 heteroatoms. The van der Waals surface area contributed by atoms with Gasteiger partial charge in [-0.1, -0.05) is 26.6 Å². The van der Waals surface area contributed by atoms with Crippen LogP contribution in [-0.2, 0) is 4.74 Å². The van der Waals surface area contributed by atoms with Crippen molar-refractivity contribution in [1.82, 2.24) is 0 Å². The fourth-order valence-corrected chi connectivity index (χ4v) is 1.35. The molecular weight excluding hydrogens is 156 g/mol. The quantitative estimate of drug-likeness (QED) is 0.513. The highest BCUT2D eigenvalue weighted by atomic mass is 28.3. The Balaban J connectivity index is 3.28. The fraction of sp³-hybridized carbons (Fsp3) is 1.00. The molecule has 0 aromatic rings. The van der Waals surface area contributed by atoms with Gasteiger partial charge in [-0.2, -0.15) is 0 Å². The van der Waals surface area contributed by atoms with E-state index in [0.717, 1.165) is 6.04 Å². The van der Waals surface area contributed by atoms with Crippen LogP contribution in [0.25, 0.3) is 0 Å². The van der Waals surface area contributed by atoms with Crippen LogP contribution in [-0.4, -0.2) is 26.1 Å². The van der Waals surface area contributed by atoms with E-state index in [4.69, 9.17) is 9.84 Å². The molecule has 0 aromatic heterocycles. The van der Waals surface area contributed by atoms with Crippen molar-refractivity contribution in [3.8, 4) is 0 Å². The van der Waals surface area contributed by atoms with Gasteiger partial charge in [-0.25, -0.2) is 0 Å². The van der Waals surface area contributed by atoms with Crippen LogP contribution in [0, 0.1) is 0 Å². The van der Waals surface area contributed by atoms with Gasteiger partial charge in [-0.3, -0.25) is 0 Å². The topological polar surface area (TPSA) is 29.5 Å². The van der Waals surface area contributed by atoms with Crippen molar-refractivity contribution in [3.63, 3.8) is 0 Å². The predicted octanol–water partition coefficient (Wildman–Crippen LogP) is 2.07. The zero-order chi connectivity index (χ0) is 8.91. The molecule has 0 spiro atoms. The molecule has 0 aliphatic rings. The van der Waals surface area contributed by atoms with Crippen molar-refractivity contribution >= 4 is 8.07 Å². The number of rotatable bonds is 5. The summed E-state index contributed by atoms with van der Waals surface area (Å²) >= 11 is 0. The molecule has 0 radical (unpaired) electrons. The lowest BCUT2D eigenvalue weighted by atomic mass is 10.5. The predicted molar refractivity (Wildman–Crippen MR) is 50.4 cm³/mol. The Bertz CT molecular complexity index is 98.8. The van der Waals surface area contributed by atoms with Crippen LogP contribution in [0.3, 0.4) is 0 Å². The van der Waals surface area contributed by atoms with Gasteiger partial charge in [-0.15, -0.1) is 0 Å². The third-order valence-electron chi connectivity index (χ3n) is 1.51. The van der Waals surface area contributed by atoms with E-state index < -0.39 is 14.4 Å². The summed E-state index contributed by atoms with van der Waals surface area (Å²) in [4.78, 5) is 0. The van der Waals surface area contributed by atoms with Crippen molar-refractivity contribution < 1.29 is 9.84 Å². The SMILES string of the molecule is CCC(O)OCC[Si](C)(C)C. The molecule has 0 bridgehead atoms. The summed E-state index contributed by atoms with van der Waals surface area (Å²) < 4.78 is 5.16. The van der Waals surface area contributed by atoms with Gasteiger partial charge < -0.3 is 9.84 Å².